The van der Waals surface area contributed by atoms with E-state index in [9.17, 15) is 0 Å². The molecule has 1 aromatic rings. The molecule has 0 saturated carbocycles. The van der Waals surface area contributed by atoms with Crippen LogP contribution in [0.4, 0.5) is 5.82 Å². The van der Waals surface area contributed by atoms with E-state index >= 15 is 0 Å². The van der Waals surface area contributed by atoms with E-state index in [-0.39, 0.29) is 0 Å². The van der Waals surface area contributed by atoms with Gasteiger partial charge < -0.3 is 14.8 Å². The van der Waals surface area contributed by atoms with Crippen molar-refractivity contribution >= 4 is 17.6 Å². The van der Waals surface area contributed by atoms with E-state index in [1.165, 1.54) is 11.8 Å². The van der Waals surface area contributed by atoms with Gasteiger partial charge in [-0.2, -0.15) is 4.98 Å². The second-order valence-electron chi connectivity index (χ2n) is 3.70. The van der Waals surface area contributed by atoms with Gasteiger partial charge in [-0.05, 0) is 12.7 Å². The van der Waals surface area contributed by atoms with Gasteiger partial charge in [0, 0.05) is 32.7 Å². The maximum Gasteiger partial charge on any atom is 0.219 e. The topological polar surface area (TPSA) is 56.3 Å². The largest absolute Gasteiger partial charge is 0.477 e. The minimum atomic E-state index is 0.603. The third-order valence-corrected chi connectivity index (χ3v) is 2.71. The highest BCUT2D eigenvalue weighted by molar-refractivity contribution is 7.98. The first-order valence-electron chi connectivity index (χ1n) is 6.08. The Balaban J connectivity index is 2.58. The predicted molar refractivity (Wildman–Crippen MR) is 74.6 cm³/mol. The number of rotatable bonds is 9. The van der Waals surface area contributed by atoms with E-state index in [4.69, 9.17) is 9.47 Å². The summed E-state index contributed by atoms with van der Waals surface area (Å²) < 4.78 is 10.6. The zero-order chi connectivity index (χ0) is 13.2. The van der Waals surface area contributed by atoms with Crippen molar-refractivity contribution in [3.05, 3.63) is 6.07 Å². The molecule has 0 aliphatic rings. The van der Waals surface area contributed by atoms with E-state index < -0.39 is 0 Å². The van der Waals surface area contributed by atoms with Crippen LogP contribution in [-0.2, 0) is 4.74 Å². The fourth-order valence-corrected chi connectivity index (χ4v) is 1.66. The number of nitrogens with zero attached hydrogens (tertiary/aromatic N) is 2. The normalized spacial score (nSPS) is 10.4. The van der Waals surface area contributed by atoms with Crippen LogP contribution in [0, 0.1) is 0 Å². The van der Waals surface area contributed by atoms with Gasteiger partial charge in [-0.25, -0.2) is 4.98 Å². The summed E-state index contributed by atoms with van der Waals surface area (Å²) in [5.74, 6) is 1.43. The Kier molecular flexibility index (Phi) is 7.52. The quantitative estimate of drug-likeness (QED) is 0.423. The average Bonchev–Trinajstić information content (AvgIpc) is 2.41. The summed E-state index contributed by atoms with van der Waals surface area (Å²) in [7, 11) is 1.68. The molecule has 18 heavy (non-hydrogen) atoms. The van der Waals surface area contributed by atoms with E-state index in [0.717, 1.165) is 30.4 Å². The van der Waals surface area contributed by atoms with Gasteiger partial charge in [0.2, 0.25) is 5.88 Å². The lowest BCUT2D eigenvalue weighted by atomic mass is 10.4. The van der Waals surface area contributed by atoms with E-state index in [0.29, 0.717) is 19.1 Å². The molecule has 1 N–H and O–H groups in total. The van der Waals surface area contributed by atoms with Gasteiger partial charge in [0.15, 0.2) is 5.16 Å². The Bertz CT molecular complexity index is 350. The molecule has 6 heteroatoms. The maximum absolute atomic E-state index is 5.59. The molecule has 0 radical (unpaired) electrons. The van der Waals surface area contributed by atoms with E-state index in [1.54, 1.807) is 7.11 Å². The molecule has 1 rings (SSSR count). The summed E-state index contributed by atoms with van der Waals surface area (Å²) in [6.07, 6.45) is 3.86. The average molecular weight is 271 g/mol. The van der Waals surface area contributed by atoms with Crippen LogP contribution in [0.2, 0.25) is 0 Å². The van der Waals surface area contributed by atoms with Crippen LogP contribution in [0.5, 0.6) is 5.88 Å². The summed E-state index contributed by atoms with van der Waals surface area (Å²) in [4.78, 5) is 8.68. The van der Waals surface area contributed by atoms with Crippen molar-refractivity contribution in [1.82, 2.24) is 9.97 Å². The lowest BCUT2D eigenvalue weighted by molar-refractivity contribution is 0.170. The molecular weight excluding hydrogens is 250 g/mol. The number of ether oxygens (including phenoxy) is 2. The summed E-state index contributed by atoms with van der Waals surface area (Å²) in [5.41, 5.74) is 0. The molecule has 0 atom stereocenters. The fraction of sp³-hybridized carbons (Fsp3) is 0.667. The Hall–Kier alpha value is -1.01. The highest BCUT2D eigenvalue weighted by atomic mass is 32.2. The monoisotopic (exact) mass is 271 g/mol. The Morgan fingerprint density at radius 2 is 2.17 bits per heavy atom. The summed E-state index contributed by atoms with van der Waals surface area (Å²) in [6.45, 7) is 4.31. The predicted octanol–water partition coefficient (Wildman–Crippen LogP) is 2.44. The number of aromatic nitrogens is 2. The Morgan fingerprint density at radius 1 is 1.33 bits per heavy atom. The summed E-state index contributed by atoms with van der Waals surface area (Å²) >= 11 is 1.51. The zero-order valence-corrected chi connectivity index (χ0v) is 12.0. The molecule has 0 aromatic carbocycles. The number of methoxy groups -OCH3 is 1. The molecule has 0 aliphatic carbocycles. The molecule has 1 heterocycles. The van der Waals surface area contributed by atoms with Crippen molar-refractivity contribution in [1.29, 1.82) is 0 Å². The minimum Gasteiger partial charge on any atom is -0.477 e. The summed E-state index contributed by atoms with van der Waals surface area (Å²) in [6, 6.07) is 1.84. The first-order chi connectivity index (χ1) is 8.80. The molecule has 1 aromatic heterocycles. The van der Waals surface area contributed by atoms with E-state index in [1.807, 2.05) is 12.3 Å². The molecule has 0 spiro atoms. The molecule has 0 saturated heterocycles. The third-order valence-electron chi connectivity index (χ3n) is 2.16. The van der Waals surface area contributed by atoms with Crippen LogP contribution in [0.25, 0.3) is 0 Å². The Morgan fingerprint density at radius 3 is 2.83 bits per heavy atom. The zero-order valence-electron chi connectivity index (χ0n) is 11.2. The first kappa shape index (κ1) is 15.0. The number of hydrogen-bond acceptors (Lipinski definition) is 6. The smallest absolute Gasteiger partial charge is 0.219 e. The van der Waals surface area contributed by atoms with Crippen LogP contribution in [0.3, 0.4) is 0 Å². The van der Waals surface area contributed by atoms with Gasteiger partial charge in [0.05, 0.1) is 6.61 Å². The van der Waals surface area contributed by atoms with Crippen LogP contribution in [0.1, 0.15) is 19.8 Å². The van der Waals surface area contributed by atoms with Crippen molar-refractivity contribution in [2.45, 2.75) is 24.9 Å². The molecule has 102 valence electrons. The van der Waals surface area contributed by atoms with Crippen LogP contribution < -0.4 is 10.1 Å². The van der Waals surface area contributed by atoms with Crippen LogP contribution in [0.15, 0.2) is 11.2 Å². The minimum absolute atomic E-state index is 0.603. The highest BCUT2D eigenvalue weighted by Crippen LogP contribution is 2.19. The van der Waals surface area contributed by atoms with Gasteiger partial charge >= 0.3 is 0 Å². The van der Waals surface area contributed by atoms with Gasteiger partial charge in [-0.3, -0.25) is 0 Å². The van der Waals surface area contributed by atoms with Gasteiger partial charge in [0.25, 0.3) is 0 Å². The first-order valence-corrected chi connectivity index (χ1v) is 7.31. The summed E-state index contributed by atoms with van der Waals surface area (Å²) in [5, 5.41) is 3.96. The maximum atomic E-state index is 5.59. The number of anilines is 1. The number of hydrogen-bond donors (Lipinski definition) is 1. The number of thioether (sulfide) groups is 1. The lowest BCUT2D eigenvalue weighted by Gasteiger charge is -2.09. The van der Waals surface area contributed by atoms with Gasteiger partial charge in [0.1, 0.15) is 5.82 Å². The fourth-order valence-electron chi connectivity index (χ4n) is 1.29. The lowest BCUT2D eigenvalue weighted by Crippen LogP contribution is -2.07. The van der Waals surface area contributed by atoms with Crippen molar-refractivity contribution < 1.29 is 9.47 Å². The second-order valence-corrected chi connectivity index (χ2v) is 4.47. The molecule has 0 bridgehead atoms. The Labute approximate surface area is 113 Å². The van der Waals surface area contributed by atoms with Gasteiger partial charge in [-0.1, -0.05) is 18.7 Å². The van der Waals surface area contributed by atoms with Crippen molar-refractivity contribution in [2.24, 2.45) is 0 Å². The molecule has 0 amide bonds. The van der Waals surface area contributed by atoms with Crippen molar-refractivity contribution in [3.63, 3.8) is 0 Å². The molecular formula is C12H21N3O2S. The van der Waals surface area contributed by atoms with E-state index in [2.05, 4.69) is 22.2 Å². The third kappa shape index (κ3) is 5.55. The van der Waals surface area contributed by atoms with Gasteiger partial charge in [-0.15, -0.1) is 0 Å². The second kappa shape index (κ2) is 8.99. The van der Waals surface area contributed by atoms with Crippen molar-refractivity contribution in [2.75, 3.05) is 38.4 Å². The number of nitrogens with one attached hydrogen (secondary N) is 1. The molecule has 0 unspecified atom stereocenters. The standard InChI is InChI=1S/C12H21N3O2S/c1-4-6-13-10-9-11(15-12(14-10)18-3)17-8-5-7-16-2/h9H,4-8H2,1-3H3,(H,13,14,15). The van der Waals surface area contributed by atoms with Crippen molar-refractivity contribution in [3.8, 4) is 5.88 Å². The van der Waals surface area contributed by atoms with Crippen LogP contribution >= 0.6 is 11.8 Å². The SMILES string of the molecule is CCCNc1cc(OCCCOC)nc(SC)n1. The molecule has 5 nitrogen and oxygen atoms in total. The van der Waals surface area contributed by atoms with Crippen LogP contribution in [-0.4, -0.2) is 43.1 Å². The molecule has 0 aliphatic heterocycles. The highest BCUT2D eigenvalue weighted by Gasteiger charge is 2.04. The molecule has 0 fully saturated rings.